The van der Waals surface area contributed by atoms with Crippen molar-refractivity contribution in [1.29, 1.82) is 0 Å². The van der Waals surface area contributed by atoms with Crippen molar-refractivity contribution in [3.8, 4) is 0 Å². The molecule has 6 heteroatoms. The number of hydrogen-bond acceptors (Lipinski definition) is 4. The first-order valence-electron chi connectivity index (χ1n) is 10.2. The lowest BCUT2D eigenvalue weighted by atomic mass is 9.90. The Morgan fingerprint density at radius 1 is 1.08 bits per heavy atom. The van der Waals surface area contributed by atoms with E-state index in [1.807, 2.05) is 11.8 Å². The van der Waals surface area contributed by atoms with Gasteiger partial charge in [0.25, 0.3) is 0 Å². The highest BCUT2D eigenvalue weighted by Crippen LogP contribution is 2.24. The molecule has 1 N–H and O–H groups in total. The quantitative estimate of drug-likeness (QED) is 0.714. The fourth-order valence-corrected chi connectivity index (χ4v) is 4.17. The van der Waals surface area contributed by atoms with Crippen molar-refractivity contribution in [2.24, 2.45) is 11.8 Å². The van der Waals surface area contributed by atoms with Crippen LogP contribution in [0.3, 0.4) is 0 Å². The molecule has 1 saturated carbocycles. The lowest BCUT2D eigenvalue weighted by Crippen LogP contribution is -2.56. The van der Waals surface area contributed by atoms with E-state index >= 15 is 0 Å². The van der Waals surface area contributed by atoms with E-state index < -0.39 is 6.04 Å². The first-order chi connectivity index (χ1) is 12.5. The summed E-state index contributed by atoms with van der Waals surface area (Å²) in [7, 11) is 1.70. The van der Waals surface area contributed by atoms with Gasteiger partial charge < -0.3 is 19.7 Å². The summed E-state index contributed by atoms with van der Waals surface area (Å²) in [5.41, 5.74) is 0. The predicted octanol–water partition coefficient (Wildman–Crippen LogP) is 2.36. The van der Waals surface area contributed by atoms with Crippen LogP contribution in [-0.2, 0) is 19.1 Å². The summed E-state index contributed by atoms with van der Waals surface area (Å²) < 4.78 is 11.3. The van der Waals surface area contributed by atoms with Crippen LogP contribution < -0.4 is 5.32 Å². The van der Waals surface area contributed by atoms with Gasteiger partial charge in [-0.3, -0.25) is 9.59 Å². The number of piperidine rings is 1. The second-order valence-corrected chi connectivity index (χ2v) is 7.97. The smallest absolute Gasteiger partial charge is 0.247 e. The van der Waals surface area contributed by atoms with Gasteiger partial charge in [-0.1, -0.05) is 19.3 Å². The van der Waals surface area contributed by atoms with Crippen LogP contribution in [0, 0.1) is 11.8 Å². The Balaban J connectivity index is 1.93. The SMILES string of the molecule is COC[C@H]1CCCN(C(=O)[C@@H](NC(C)=O)[C@@H](C)OCC2CCCCC2)C1. The second-order valence-electron chi connectivity index (χ2n) is 7.97. The van der Waals surface area contributed by atoms with E-state index in [0.29, 0.717) is 31.6 Å². The zero-order valence-corrected chi connectivity index (χ0v) is 16.7. The van der Waals surface area contributed by atoms with Crippen LogP contribution in [-0.4, -0.2) is 62.3 Å². The van der Waals surface area contributed by atoms with Gasteiger partial charge in [-0.05, 0) is 44.4 Å². The Hall–Kier alpha value is -1.14. The molecule has 0 unspecified atom stereocenters. The minimum absolute atomic E-state index is 0.0304. The average Bonchev–Trinajstić information content (AvgIpc) is 2.65. The third-order valence-electron chi connectivity index (χ3n) is 5.65. The highest BCUT2D eigenvalue weighted by atomic mass is 16.5. The zero-order valence-electron chi connectivity index (χ0n) is 16.7. The molecule has 0 spiro atoms. The molecule has 150 valence electrons. The summed E-state index contributed by atoms with van der Waals surface area (Å²) in [6.45, 7) is 6.14. The first kappa shape index (κ1) is 21.2. The summed E-state index contributed by atoms with van der Waals surface area (Å²) in [4.78, 5) is 26.6. The highest BCUT2D eigenvalue weighted by Gasteiger charge is 2.33. The molecule has 6 nitrogen and oxygen atoms in total. The molecular formula is C20H36N2O4. The molecule has 0 aromatic carbocycles. The molecule has 0 radical (unpaired) electrons. The number of ether oxygens (including phenoxy) is 2. The number of carbonyl (C=O) groups is 2. The molecule has 2 aliphatic rings. The van der Waals surface area contributed by atoms with Crippen molar-refractivity contribution >= 4 is 11.8 Å². The third kappa shape index (κ3) is 6.54. The van der Waals surface area contributed by atoms with E-state index in [4.69, 9.17) is 9.47 Å². The van der Waals surface area contributed by atoms with Gasteiger partial charge in [0.2, 0.25) is 11.8 Å². The molecule has 1 heterocycles. The summed E-state index contributed by atoms with van der Waals surface area (Å²) >= 11 is 0. The molecular weight excluding hydrogens is 332 g/mol. The van der Waals surface area contributed by atoms with Crippen LogP contribution >= 0.6 is 0 Å². The maximum absolute atomic E-state index is 13.1. The summed E-state index contributed by atoms with van der Waals surface area (Å²) in [5, 5.41) is 2.82. The molecule has 1 aliphatic heterocycles. The summed E-state index contributed by atoms with van der Waals surface area (Å²) in [6, 6.07) is -0.614. The minimum atomic E-state index is -0.614. The molecule has 2 fully saturated rings. The van der Waals surface area contributed by atoms with Crippen molar-refractivity contribution in [2.45, 2.75) is 70.9 Å². The van der Waals surface area contributed by atoms with E-state index in [-0.39, 0.29) is 17.9 Å². The van der Waals surface area contributed by atoms with Crippen molar-refractivity contribution in [3.05, 3.63) is 0 Å². The number of likely N-dealkylation sites (tertiary alicyclic amines) is 1. The van der Waals surface area contributed by atoms with Crippen molar-refractivity contribution in [3.63, 3.8) is 0 Å². The third-order valence-corrected chi connectivity index (χ3v) is 5.65. The van der Waals surface area contributed by atoms with Gasteiger partial charge in [-0.15, -0.1) is 0 Å². The maximum atomic E-state index is 13.1. The molecule has 2 rings (SSSR count). The van der Waals surface area contributed by atoms with E-state index in [1.54, 1.807) is 7.11 Å². The van der Waals surface area contributed by atoms with Crippen LogP contribution in [0.2, 0.25) is 0 Å². The molecule has 0 aromatic rings. The minimum Gasteiger partial charge on any atom is -0.384 e. The summed E-state index contributed by atoms with van der Waals surface area (Å²) in [5.74, 6) is 0.730. The Morgan fingerprint density at radius 3 is 2.42 bits per heavy atom. The van der Waals surface area contributed by atoms with Crippen molar-refractivity contribution in [2.75, 3.05) is 33.4 Å². The molecule has 26 heavy (non-hydrogen) atoms. The van der Waals surface area contributed by atoms with Gasteiger partial charge in [0.1, 0.15) is 6.04 Å². The standard InChI is InChI=1S/C20H36N2O4/c1-15(26-14-17-8-5-4-6-9-17)19(21-16(2)23)20(24)22-11-7-10-18(12-22)13-25-3/h15,17-19H,4-14H2,1-3H3,(H,21,23)/t15-,18+,19+/m1/s1. The van der Waals surface area contributed by atoms with Crippen molar-refractivity contribution < 1.29 is 19.1 Å². The molecule has 0 aromatic heterocycles. The van der Waals surface area contributed by atoms with Gasteiger partial charge in [-0.2, -0.15) is 0 Å². The normalized spacial score (nSPS) is 24.1. The first-order valence-corrected chi connectivity index (χ1v) is 10.2. The molecule has 1 saturated heterocycles. The number of nitrogens with zero attached hydrogens (tertiary/aromatic N) is 1. The van der Waals surface area contributed by atoms with E-state index in [2.05, 4.69) is 5.32 Å². The van der Waals surface area contributed by atoms with Gasteiger partial charge in [0, 0.05) is 33.7 Å². The Labute approximate surface area is 158 Å². The number of hydrogen-bond donors (Lipinski definition) is 1. The number of carbonyl (C=O) groups excluding carboxylic acids is 2. The van der Waals surface area contributed by atoms with Gasteiger partial charge in [-0.25, -0.2) is 0 Å². The van der Waals surface area contributed by atoms with Crippen molar-refractivity contribution in [1.82, 2.24) is 10.2 Å². The Kier molecular flexibility index (Phi) is 8.85. The van der Waals surface area contributed by atoms with Crippen LogP contribution in [0.5, 0.6) is 0 Å². The van der Waals surface area contributed by atoms with Crippen LogP contribution in [0.4, 0.5) is 0 Å². The van der Waals surface area contributed by atoms with E-state index in [9.17, 15) is 9.59 Å². The Bertz CT molecular complexity index is 449. The van der Waals surface area contributed by atoms with Gasteiger partial charge in [0.05, 0.1) is 12.7 Å². The monoisotopic (exact) mass is 368 g/mol. The van der Waals surface area contributed by atoms with E-state index in [0.717, 1.165) is 19.4 Å². The van der Waals surface area contributed by atoms with Crippen LogP contribution in [0.25, 0.3) is 0 Å². The fourth-order valence-electron chi connectivity index (χ4n) is 4.17. The predicted molar refractivity (Wildman–Crippen MR) is 101 cm³/mol. The molecule has 3 atom stereocenters. The largest absolute Gasteiger partial charge is 0.384 e. The van der Waals surface area contributed by atoms with Gasteiger partial charge >= 0.3 is 0 Å². The van der Waals surface area contributed by atoms with Gasteiger partial charge in [0.15, 0.2) is 0 Å². The number of nitrogens with one attached hydrogen (secondary N) is 1. The fraction of sp³-hybridized carbons (Fsp3) is 0.900. The van der Waals surface area contributed by atoms with E-state index in [1.165, 1.54) is 39.0 Å². The molecule has 0 bridgehead atoms. The number of rotatable bonds is 8. The Morgan fingerprint density at radius 2 is 1.77 bits per heavy atom. The van der Waals surface area contributed by atoms with Crippen LogP contribution in [0.15, 0.2) is 0 Å². The summed E-state index contributed by atoms with van der Waals surface area (Å²) in [6.07, 6.45) is 8.00. The topological polar surface area (TPSA) is 67.9 Å². The van der Waals surface area contributed by atoms with Crippen LogP contribution in [0.1, 0.15) is 58.8 Å². The lowest BCUT2D eigenvalue weighted by Gasteiger charge is -2.36. The maximum Gasteiger partial charge on any atom is 0.247 e. The molecule has 1 aliphatic carbocycles. The lowest BCUT2D eigenvalue weighted by molar-refractivity contribution is -0.142. The number of methoxy groups -OCH3 is 1. The molecule has 2 amide bonds. The highest BCUT2D eigenvalue weighted by molar-refractivity contribution is 5.87. The average molecular weight is 369 g/mol. The second kappa shape index (κ2) is 10.9. The number of amides is 2. The zero-order chi connectivity index (χ0) is 18.9.